The van der Waals surface area contributed by atoms with Crippen LogP contribution >= 0.6 is 0 Å². The Labute approximate surface area is 141 Å². The van der Waals surface area contributed by atoms with Crippen molar-refractivity contribution >= 4 is 5.91 Å². The van der Waals surface area contributed by atoms with Gasteiger partial charge < -0.3 is 10.6 Å². The van der Waals surface area contributed by atoms with Gasteiger partial charge in [0, 0.05) is 32.3 Å². The third kappa shape index (κ3) is 3.33. The number of carbonyl (C=O) groups excluding carboxylic acids is 1. The van der Waals surface area contributed by atoms with Gasteiger partial charge in [0.05, 0.1) is 17.7 Å². The molecule has 0 spiro atoms. The van der Waals surface area contributed by atoms with E-state index in [0.29, 0.717) is 6.54 Å². The topological polar surface area (TPSA) is 59.0 Å². The molecule has 1 saturated heterocycles. The van der Waals surface area contributed by atoms with Crippen LogP contribution in [0.3, 0.4) is 0 Å². The zero-order valence-electron chi connectivity index (χ0n) is 14.2. The van der Waals surface area contributed by atoms with E-state index in [4.69, 9.17) is 0 Å². The molecule has 1 aromatic heterocycles. The van der Waals surface area contributed by atoms with Crippen molar-refractivity contribution in [3.8, 4) is 0 Å². The fourth-order valence-corrected chi connectivity index (χ4v) is 3.29. The Hall–Kier alpha value is -2.21. The molecule has 0 saturated carbocycles. The summed E-state index contributed by atoms with van der Waals surface area (Å²) in [5.74, 6) is -0.391. The second-order valence-corrected chi connectivity index (χ2v) is 6.94. The number of benzene rings is 1. The summed E-state index contributed by atoms with van der Waals surface area (Å²) in [5, 5.41) is 10.6. The Balaban J connectivity index is 1.76. The van der Waals surface area contributed by atoms with Crippen LogP contribution in [0, 0.1) is 11.7 Å². The van der Waals surface area contributed by atoms with Crippen LogP contribution in [0.5, 0.6) is 0 Å². The van der Waals surface area contributed by atoms with Gasteiger partial charge in [-0.1, -0.05) is 12.1 Å². The van der Waals surface area contributed by atoms with E-state index < -0.39 is 5.54 Å². The van der Waals surface area contributed by atoms with Gasteiger partial charge in [0.2, 0.25) is 5.91 Å². The first kappa shape index (κ1) is 16.6. The van der Waals surface area contributed by atoms with Crippen LogP contribution in [-0.4, -0.2) is 28.8 Å². The normalized spacial score (nSPS) is 21.0. The summed E-state index contributed by atoms with van der Waals surface area (Å²) < 4.78 is 15.2. The van der Waals surface area contributed by atoms with Gasteiger partial charge in [-0.2, -0.15) is 5.10 Å². The Bertz CT molecular complexity index is 740. The number of hydrogen-bond donors (Lipinski definition) is 2. The number of amides is 1. The van der Waals surface area contributed by atoms with Gasteiger partial charge in [0.1, 0.15) is 5.82 Å². The highest BCUT2D eigenvalue weighted by Gasteiger charge is 2.37. The Morgan fingerprint density at radius 3 is 2.88 bits per heavy atom. The first-order chi connectivity index (χ1) is 11.4. The van der Waals surface area contributed by atoms with Crippen LogP contribution in [0.15, 0.2) is 36.7 Å². The standard InChI is InChI=1S/C18H23FN4O/c1-18(2,13-5-4-6-14(19)7-13)22-17(24)16-10-20-9-15(16)12-8-21-23(3)11-12/h4-8,11,15-16,20H,9-10H2,1-3H3,(H,22,24)/t15-,16+/m1/s1. The first-order valence-corrected chi connectivity index (χ1v) is 8.14. The molecule has 1 aromatic carbocycles. The van der Waals surface area contributed by atoms with E-state index in [-0.39, 0.29) is 23.6 Å². The zero-order chi connectivity index (χ0) is 17.3. The number of carbonyl (C=O) groups is 1. The molecule has 1 aliphatic rings. The quantitative estimate of drug-likeness (QED) is 0.900. The molecule has 1 amide bonds. The second kappa shape index (κ2) is 6.36. The maximum absolute atomic E-state index is 13.5. The third-order valence-electron chi connectivity index (χ3n) is 4.69. The number of rotatable bonds is 4. The molecule has 0 unspecified atom stereocenters. The van der Waals surface area contributed by atoms with E-state index in [2.05, 4.69) is 15.7 Å². The predicted molar refractivity (Wildman–Crippen MR) is 89.9 cm³/mol. The van der Waals surface area contributed by atoms with Gasteiger partial charge >= 0.3 is 0 Å². The summed E-state index contributed by atoms with van der Waals surface area (Å²) in [6.07, 6.45) is 3.77. The number of nitrogens with zero attached hydrogens (tertiary/aromatic N) is 2. The molecule has 3 rings (SSSR count). The van der Waals surface area contributed by atoms with Gasteiger partial charge in [-0.25, -0.2) is 4.39 Å². The predicted octanol–water partition coefficient (Wildman–Crippen LogP) is 1.91. The van der Waals surface area contributed by atoms with Crippen LogP contribution in [0.25, 0.3) is 0 Å². The minimum Gasteiger partial charge on any atom is -0.347 e. The van der Waals surface area contributed by atoms with E-state index in [1.807, 2.05) is 39.4 Å². The summed E-state index contributed by atoms with van der Waals surface area (Å²) in [7, 11) is 1.87. The van der Waals surface area contributed by atoms with Crippen molar-refractivity contribution in [2.24, 2.45) is 13.0 Å². The molecular formula is C18H23FN4O. The summed E-state index contributed by atoms with van der Waals surface area (Å²) in [5.41, 5.74) is 1.17. The summed E-state index contributed by atoms with van der Waals surface area (Å²) in [6.45, 7) is 5.16. The van der Waals surface area contributed by atoms with Crippen molar-refractivity contribution in [3.05, 3.63) is 53.6 Å². The maximum Gasteiger partial charge on any atom is 0.225 e. The van der Waals surface area contributed by atoms with E-state index in [0.717, 1.165) is 17.7 Å². The van der Waals surface area contributed by atoms with E-state index in [1.165, 1.54) is 12.1 Å². The molecule has 128 valence electrons. The van der Waals surface area contributed by atoms with Gasteiger partial charge in [-0.05, 0) is 37.1 Å². The SMILES string of the molecule is Cn1cc([C@H]2CNC[C@@H]2C(=O)NC(C)(C)c2cccc(F)c2)cn1. The lowest BCUT2D eigenvalue weighted by Crippen LogP contribution is -2.45. The van der Waals surface area contributed by atoms with Crippen molar-refractivity contribution in [1.29, 1.82) is 0 Å². The van der Waals surface area contributed by atoms with E-state index in [9.17, 15) is 9.18 Å². The molecule has 2 atom stereocenters. The number of aromatic nitrogens is 2. The maximum atomic E-state index is 13.5. The molecule has 2 heterocycles. The van der Waals surface area contributed by atoms with Crippen molar-refractivity contribution in [2.45, 2.75) is 25.3 Å². The third-order valence-corrected chi connectivity index (χ3v) is 4.69. The highest BCUT2D eigenvalue weighted by atomic mass is 19.1. The number of nitrogens with one attached hydrogen (secondary N) is 2. The minimum absolute atomic E-state index is 0.0249. The highest BCUT2D eigenvalue weighted by Crippen LogP contribution is 2.29. The summed E-state index contributed by atoms with van der Waals surface area (Å²) in [4.78, 5) is 12.8. The molecule has 0 bridgehead atoms. The molecule has 1 fully saturated rings. The van der Waals surface area contributed by atoms with Crippen LogP contribution in [0.4, 0.5) is 4.39 Å². The average molecular weight is 330 g/mol. The number of hydrogen-bond acceptors (Lipinski definition) is 3. The van der Waals surface area contributed by atoms with E-state index >= 15 is 0 Å². The van der Waals surface area contributed by atoms with Crippen LogP contribution in [0.2, 0.25) is 0 Å². The van der Waals surface area contributed by atoms with Crippen LogP contribution in [0.1, 0.15) is 30.9 Å². The Morgan fingerprint density at radius 2 is 2.21 bits per heavy atom. The molecule has 6 heteroatoms. The molecular weight excluding hydrogens is 307 g/mol. The van der Waals surface area contributed by atoms with E-state index in [1.54, 1.807) is 10.7 Å². The lowest BCUT2D eigenvalue weighted by Gasteiger charge is -2.29. The zero-order valence-corrected chi connectivity index (χ0v) is 14.2. The smallest absolute Gasteiger partial charge is 0.225 e. The van der Waals surface area contributed by atoms with Gasteiger partial charge in [0.25, 0.3) is 0 Å². The number of aryl methyl sites for hydroxylation is 1. The molecule has 0 aliphatic carbocycles. The lowest BCUT2D eigenvalue weighted by atomic mass is 9.88. The van der Waals surface area contributed by atoms with Crippen molar-refractivity contribution in [3.63, 3.8) is 0 Å². The summed E-state index contributed by atoms with van der Waals surface area (Å²) >= 11 is 0. The lowest BCUT2D eigenvalue weighted by molar-refractivity contribution is -0.126. The average Bonchev–Trinajstić information content (AvgIpc) is 3.15. The van der Waals surface area contributed by atoms with Gasteiger partial charge in [-0.3, -0.25) is 9.48 Å². The van der Waals surface area contributed by atoms with Crippen LogP contribution < -0.4 is 10.6 Å². The fourth-order valence-electron chi connectivity index (χ4n) is 3.29. The molecule has 1 aliphatic heterocycles. The van der Waals surface area contributed by atoms with Gasteiger partial charge in [0.15, 0.2) is 0 Å². The second-order valence-electron chi connectivity index (χ2n) is 6.94. The monoisotopic (exact) mass is 330 g/mol. The minimum atomic E-state index is -0.638. The van der Waals surface area contributed by atoms with Gasteiger partial charge in [-0.15, -0.1) is 0 Å². The van der Waals surface area contributed by atoms with Crippen molar-refractivity contribution < 1.29 is 9.18 Å². The molecule has 2 aromatic rings. The fraction of sp³-hybridized carbons (Fsp3) is 0.444. The highest BCUT2D eigenvalue weighted by molar-refractivity contribution is 5.81. The molecule has 24 heavy (non-hydrogen) atoms. The Kier molecular flexibility index (Phi) is 4.41. The Morgan fingerprint density at radius 1 is 1.42 bits per heavy atom. The first-order valence-electron chi connectivity index (χ1n) is 8.14. The van der Waals surface area contributed by atoms with Crippen molar-refractivity contribution in [2.75, 3.05) is 13.1 Å². The van der Waals surface area contributed by atoms with Crippen LogP contribution in [-0.2, 0) is 17.4 Å². The molecule has 0 radical (unpaired) electrons. The molecule has 2 N–H and O–H groups in total. The summed E-state index contributed by atoms with van der Waals surface area (Å²) in [6, 6.07) is 6.36. The largest absolute Gasteiger partial charge is 0.347 e. The molecule has 5 nitrogen and oxygen atoms in total. The number of halogens is 1. The van der Waals surface area contributed by atoms with Crippen molar-refractivity contribution in [1.82, 2.24) is 20.4 Å².